The molecule has 1 aliphatic heterocycles. The number of aromatic amines is 1. The maximum Gasteiger partial charge on any atom is 0.307 e. The van der Waals surface area contributed by atoms with Crippen LogP contribution in [0.5, 0.6) is 0 Å². The van der Waals surface area contributed by atoms with Crippen LogP contribution in [0.4, 0.5) is 11.5 Å². The zero-order valence-electron chi connectivity index (χ0n) is 19.3. The summed E-state index contributed by atoms with van der Waals surface area (Å²) < 4.78 is 4.63. The Balaban J connectivity index is 1.39. The minimum absolute atomic E-state index is 0.0168. The highest BCUT2D eigenvalue weighted by Gasteiger charge is 2.31. The molecule has 1 aliphatic rings. The number of carbonyl (C=O) groups is 3. The van der Waals surface area contributed by atoms with Gasteiger partial charge in [-0.1, -0.05) is 30.3 Å². The molecule has 0 radical (unpaired) electrons. The Hall–Kier alpha value is -3.93. The van der Waals surface area contributed by atoms with Crippen LogP contribution < -0.4 is 15.5 Å². The fourth-order valence-electron chi connectivity index (χ4n) is 3.48. The Morgan fingerprint density at radius 2 is 2.09 bits per heavy atom. The number of methoxy groups -OCH3 is 1. The second kappa shape index (κ2) is 11.0. The van der Waals surface area contributed by atoms with Crippen LogP contribution in [0.2, 0.25) is 0 Å². The number of carbonyl (C=O) groups excluding carboxylic acids is 3. The lowest BCUT2D eigenvalue weighted by Gasteiger charge is -2.21. The maximum absolute atomic E-state index is 13.0. The number of H-pyrrole nitrogens is 1. The predicted molar refractivity (Wildman–Crippen MR) is 130 cm³/mol. The molecule has 1 aromatic carbocycles. The van der Waals surface area contributed by atoms with E-state index >= 15 is 0 Å². The number of ether oxygens (including phenoxy) is 1. The third-order valence-corrected chi connectivity index (χ3v) is 6.50. The highest BCUT2D eigenvalue weighted by atomic mass is 32.2. The number of pyridine rings is 1. The molecule has 0 aliphatic carbocycles. The minimum atomic E-state index is -0.767. The molecule has 2 amide bonds. The molecule has 0 saturated heterocycles. The van der Waals surface area contributed by atoms with Crippen molar-refractivity contribution < 1.29 is 19.1 Å². The molecule has 4 rings (SSSR count). The van der Waals surface area contributed by atoms with E-state index in [2.05, 4.69) is 35.5 Å². The van der Waals surface area contributed by atoms with Crippen LogP contribution in [0.1, 0.15) is 28.4 Å². The summed E-state index contributed by atoms with van der Waals surface area (Å²) in [5, 5.41) is 12.6. The lowest BCUT2D eigenvalue weighted by Crippen LogP contribution is -2.48. The average molecular weight is 496 g/mol. The Kier molecular flexibility index (Phi) is 7.60. The monoisotopic (exact) mass is 495 g/mol. The first-order valence-electron chi connectivity index (χ1n) is 10.9. The average Bonchev–Trinajstić information content (AvgIpc) is 3.30. The Bertz CT molecular complexity index is 1220. The van der Waals surface area contributed by atoms with Gasteiger partial charge in [0.25, 0.3) is 5.91 Å². The van der Waals surface area contributed by atoms with Gasteiger partial charge < -0.3 is 20.3 Å². The number of rotatable bonds is 8. The largest absolute Gasteiger partial charge is 0.469 e. The number of likely N-dealkylation sites (N-methyl/N-ethyl adjacent to an activating group) is 1. The topological polar surface area (TPSA) is 142 Å². The zero-order chi connectivity index (χ0) is 24.8. The Labute approximate surface area is 206 Å². The summed E-state index contributed by atoms with van der Waals surface area (Å²) in [5.41, 5.74) is 1.68. The lowest BCUT2D eigenvalue weighted by molar-refractivity contribution is -0.140. The van der Waals surface area contributed by atoms with Crippen molar-refractivity contribution in [3.05, 3.63) is 59.8 Å². The van der Waals surface area contributed by atoms with Crippen LogP contribution in [0.15, 0.2) is 47.5 Å². The van der Waals surface area contributed by atoms with Gasteiger partial charge in [0, 0.05) is 30.7 Å². The summed E-state index contributed by atoms with van der Waals surface area (Å²) >= 11 is 1.43. The summed E-state index contributed by atoms with van der Waals surface area (Å²) in [5.74, 6) is 0.344. The van der Waals surface area contributed by atoms with Crippen molar-refractivity contribution in [3.8, 4) is 0 Å². The predicted octanol–water partition coefficient (Wildman–Crippen LogP) is 1.63. The molecule has 3 N–H and O–H groups in total. The summed E-state index contributed by atoms with van der Waals surface area (Å²) in [4.78, 5) is 48.0. The first kappa shape index (κ1) is 24.2. The van der Waals surface area contributed by atoms with Gasteiger partial charge in [0.05, 0.1) is 25.4 Å². The molecule has 0 unspecified atom stereocenters. The molecule has 35 heavy (non-hydrogen) atoms. The van der Waals surface area contributed by atoms with Crippen LogP contribution in [-0.2, 0) is 20.7 Å². The van der Waals surface area contributed by atoms with E-state index in [0.717, 1.165) is 10.5 Å². The second-order valence-corrected chi connectivity index (χ2v) is 8.85. The maximum atomic E-state index is 13.0. The molecule has 3 heterocycles. The van der Waals surface area contributed by atoms with Gasteiger partial charge in [-0.15, -0.1) is 16.9 Å². The number of nitrogens with zero attached hydrogens (tertiary/aromatic N) is 4. The number of amides is 2. The molecule has 12 heteroatoms. The molecule has 0 bridgehead atoms. The third-order valence-electron chi connectivity index (χ3n) is 5.36. The highest BCUT2D eigenvalue weighted by molar-refractivity contribution is 7.99. The van der Waals surface area contributed by atoms with Gasteiger partial charge in [-0.2, -0.15) is 0 Å². The summed E-state index contributed by atoms with van der Waals surface area (Å²) in [6, 6.07) is 10.8. The van der Waals surface area contributed by atoms with Gasteiger partial charge in [-0.3, -0.25) is 19.5 Å². The fourth-order valence-corrected chi connectivity index (χ4v) is 4.58. The van der Waals surface area contributed by atoms with Crippen LogP contribution in [0.25, 0.3) is 0 Å². The number of hydrogen-bond acceptors (Lipinski definition) is 9. The van der Waals surface area contributed by atoms with E-state index in [-0.39, 0.29) is 24.1 Å². The van der Waals surface area contributed by atoms with E-state index in [1.54, 1.807) is 13.2 Å². The van der Waals surface area contributed by atoms with Gasteiger partial charge in [0.15, 0.2) is 0 Å². The number of aromatic nitrogens is 4. The summed E-state index contributed by atoms with van der Waals surface area (Å²) in [6.07, 6.45) is 2.32. The van der Waals surface area contributed by atoms with E-state index in [9.17, 15) is 14.4 Å². The van der Waals surface area contributed by atoms with Gasteiger partial charge in [0.2, 0.25) is 11.7 Å². The normalized spacial score (nSPS) is 15.2. The Morgan fingerprint density at radius 3 is 2.86 bits per heavy atom. The molecule has 1 atom stereocenters. The zero-order valence-corrected chi connectivity index (χ0v) is 20.1. The molecular weight excluding hydrogens is 470 g/mol. The van der Waals surface area contributed by atoms with E-state index in [4.69, 9.17) is 0 Å². The van der Waals surface area contributed by atoms with Crippen molar-refractivity contribution in [2.45, 2.75) is 23.8 Å². The number of esters is 1. The molecule has 182 valence electrons. The SMILES string of the molecule is COC(=O)CCNc1cc2c(cn1)N(C)C(=O)[C@@H](NC(=O)c1n[nH]c(Cc3ccccc3)n1)CS2. The minimum Gasteiger partial charge on any atom is -0.469 e. The van der Waals surface area contributed by atoms with Crippen LogP contribution in [0.3, 0.4) is 0 Å². The van der Waals surface area contributed by atoms with E-state index in [1.165, 1.54) is 23.8 Å². The van der Waals surface area contributed by atoms with Crippen molar-refractivity contribution in [1.29, 1.82) is 0 Å². The van der Waals surface area contributed by atoms with E-state index in [1.807, 2.05) is 36.4 Å². The van der Waals surface area contributed by atoms with Gasteiger partial charge in [-0.05, 0) is 11.6 Å². The quantitative estimate of drug-likeness (QED) is 0.397. The first-order chi connectivity index (χ1) is 16.9. The number of fused-ring (bicyclic) bond motifs is 1. The van der Waals surface area contributed by atoms with Crippen molar-refractivity contribution in [1.82, 2.24) is 25.5 Å². The lowest BCUT2D eigenvalue weighted by atomic mass is 10.1. The van der Waals surface area contributed by atoms with Gasteiger partial charge in [-0.25, -0.2) is 9.97 Å². The standard InChI is InChI=1S/C23H25N7O4S/c1-30-16-12-25-18(24-9-8-20(31)34-2)11-17(16)35-13-15(23(30)33)26-22(32)21-27-19(28-29-21)10-14-6-4-3-5-7-14/h3-7,11-12,15H,8-10,13H2,1-2H3,(H,24,25)(H,26,32)(H,27,28,29)/t15-/m0/s1. The van der Waals surface area contributed by atoms with Crippen molar-refractivity contribution in [2.24, 2.45) is 0 Å². The summed E-state index contributed by atoms with van der Waals surface area (Å²) in [7, 11) is 2.98. The number of hydrogen-bond donors (Lipinski definition) is 3. The number of anilines is 2. The number of benzene rings is 1. The Morgan fingerprint density at radius 1 is 1.29 bits per heavy atom. The molecular formula is C23H25N7O4S. The molecule has 0 spiro atoms. The molecule has 2 aromatic heterocycles. The van der Waals surface area contributed by atoms with Crippen molar-refractivity contribution >= 4 is 41.1 Å². The fraction of sp³-hybridized carbons (Fsp3) is 0.304. The van der Waals surface area contributed by atoms with Crippen LogP contribution in [0, 0.1) is 0 Å². The summed E-state index contributed by atoms with van der Waals surface area (Å²) in [6.45, 7) is 0.375. The van der Waals surface area contributed by atoms with Crippen LogP contribution >= 0.6 is 11.8 Å². The highest BCUT2D eigenvalue weighted by Crippen LogP contribution is 2.34. The molecule has 0 fully saturated rings. The van der Waals surface area contributed by atoms with Gasteiger partial charge in [0.1, 0.15) is 17.7 Å². The van der Waals surface area contributed by atoms with E-state index < -0.39 is 11.9 Å². The van der Waals surface area contributed by atoms with Gasteiger partial charge >= 0.3 is 5.97 Å². The van der Waals surface area contributed by atoms with Crippen molar-refractivity contribution in [3.63, 3.8) is 0 Å². The molecule has 0 saturated carbocycles. The van der Waals surface area contributed by atoms with E-state index in [0.29, 0.717) is 36.0 Å². The third kappa shape index (κ3) is 5.96. The number of nitrogens with one attached hydrogen (secondary N) is 3. The second-order valence-electron chi connectivity index (χ2n) is 7.79. The van der Waals surface area contributed by atoms with Crippen molar-refractivity contribution in [2.75, 3.05) is 36.7 Å². The van der Waals surface area contributed by atoms with Crippen LogP contribution in [-0.4, -0.2) is 70.4 Å². The number of thioether (sulfide) groups is 1. The smallest absolute Gasteiger partial charge is 0.307 e. The molecule has 3 aromatic rings. The first-order valence-corrected chi connectivity index (χ1v) is 11.9. The molecule has 11 nitrogen and oxygen atoms in total.